The second-order valence-electron chi connectivity index (χ2n) is 4.21. The van der Waals surface area contributed by atoms with E-state index in [2.05, 4.69) is 0 Å². The summed E-state index contributed by atoms with van der Waals surface area (Å²) in [7, 11) is 1.48. The molecule has 18 heavy (non-hydrogen) atoms. The van der Waals surface area contributed by atoms with E-state index in [4.69, 9.17) is 19.3 Å². The average Bonchev–Trinajstić information content (AvgIpc) is 2.73. The molecule has 1 aromatic carbocycles. The van der Waals surface area contributed by atoms with Gasteiger partial charge in [-0.1, -0.05) is 30.3 Å². The fourth-order valence-corrected chi connectivity index (χ4v) is 1.99. The predicted molar refractivity (Wildman–Crippen MR) is 63.8 cm³/mol. The largest absolute Gasteiger partial charge is 0.394 e. The minimum Gasteiger partial charge on any atom is -0.394 e. The van der Waals surface area contributed by atoms with E-state index in [-0.39, 0.29) is 6.61 Å². The van der Waals surface area contributed by atoms with E-state index in [0.717, 1.165) is 5.56 Å². The molecule has 0 saturated carbocycles. The lowest BCUT2D eigenvalue weighted by atomic mass is 10.1. The highest BCUT2D eigenvalue weighted by Gasteiger charge is 2.44. The average molecular weight is 254 g/mol. The predicted octanol–water partition coefficient (Wildman–Crippen LogP) is 0.296. The SMILES string of the molecule is CO[C@H]1O[C@H](CO)[C@@H](O)[C@@H]1OCc1ccccc1. The van der Waals surface area contributed by atoms with Crippen LogP contribution < -0.4 is 0 Å². The number of methoxy groups -OCH3 is 1. The van der Waals surface area contributed by atoms with Crippen LogP contribution >= 0.6 is 0 Å². The molecule has 1 aliphatic heterocycles. The van der Waals surface area contributed by atoms with E-state index in [9.17, 15) is 5.11 Å². The normalized spacial score (nSPS) is 31.7. The lowest BCUT2D eigenvalue weighted by molar-refractivity contribution is -0.168. The van der Waals surface area contributed by atoms with E-state index in [1.807, 2.05) is 30.3 Å². The van der Waals surface area contributed by atoms with Gasteiger partial charge < -0.3 is 24.4 Å². The summed E-state index contributed by atoms with van der Waals surface area (Å²) in [5.41, 5.74) is 1.01. The highest BCUT2D eigenvalue weighted by atomic mass is 16.7. The Morgan fingerprint density at radius 3 is 2.61 bits per heavy atom. The van der Waals surface area contributed by atoms with Crippen LogP contribution in [0.2, 0.25) is 0 Å². The molecule has 1 heterocycles. The summed E-state index contributed by atoms with van der Waals surface area (Å²) in [5, 5.41) is 19.0. The summed E-state index contributed by atoms with van der Waals surface area (Å²) >= 11 is 0. The maximum atomic E-state index is 9.94. The molecule has 2 N–H and O–H groups in total. The molecule has 0 unspecified atom stereocenters. The highest BCUT2D eigenvalue weighted by molar-refractivity contribution is 5.13. The van der Waals surface area contributed by atoms with E-state index in [0.29, 0.717) is 6.61 Å². The minimum absolute atomic E-state index is 0.258. The first-order valence-electron chi connectivity index (χ1n) is 5.89. The molecule has 0 aromatic heterocycles. The summed E-state index contributed by atoms with van der Waals surface area (Å²) in [6.45, 7) is 0.107. The molecule has 1 aromatic rings. The van der Waals surface area contributed by atoms with Gasteiger partial charge in [-0.3, -0.25) is 0 Å². The van der Waals surface area contributed by atoms with Crippen LogP contribution in [-0.4, -0.2) is 48.5 Å². The number of hydrogen-bond acceptors (Lipinski definition) is 5. The summed E-state index contributed by atoms with van der Waals surface area (Å²) < 4.78 is 16.0. The summed E-state index contributed by atoms with van der Waals surface area (Å²) in [6.07, 6.45) is -2.78. The third kappa shape index (κ3) is 2.88. The van der Waals surface area contributed by atoms with Crippen molar-refractivity contribution >= 4 is 0 Å². The lowest BCUT2D eigenvalue weighted by Crippen LogP contribution is -2.36. The molecule has 2 rings (SSSR count). The Morgan fingerprint density at radius 2 is 2.00 bits per heavy atom. The smallest absolute Gasteiger partial charge is 0.186 e. The summed E-state index contributed by atoms with van der Waals surface area (Å²) in [5.74, 6) is 0. The number of aliphatic hydroxyl groups excluding tert-OH is 2. The molecule has 0 amide bonds. The number of hydrogen-bond donors (Lipinski definition) is 2. The highest BCUT2D eigenvalue weighted by Crippen LogP contribution is 2.25. The third-order valence-electron chi connectivity index (χ3n) is 2.99. The molecule has 1 saturated heterocycles. The molecular weight excluding hydrogens is 236 g/mol. The van der Waals surface area contributed by atoms with Gasteiger partial charge >= 0.3 is 0 Å². The monoisotopic (exact) mass is 254 g/mol. The summed E-state index contributed by atoms with van der Waals surface area (Å²) in [6, 6.07) is 9.65. The van der Waals surface area contributed by atoms with Gasteiger partial charge in [0.2, 0.25) is 0 Å². The van der Waals surface area contributed by atoms with Gasteiger partial charge in [0.1, 0.15) is 18.3 Å². The fourth-order valence-electron chi connectivity index (χ4n) is 1.99. The van der Waals surface area contributed by atoms with Crippen LogP contribution in [0, 0.1) is 0 Å². The molecule has 1 aliphatic rings. The van der Waals surface area contributed by atoms with Crippen molar-refractivity contribution in [3.05, 3.63) is 35.9 Å². The second-order valence-corrected chi connectivity index (χ2v) is 4.21. The number of benzene rings is 1. The second kappa shape index (κ2) is 6.26. The molecule has 100 valence electrons. The quantitative estimate of drug-likeness (QED) is 0.791. The van der Waals surface area contributed by atoms with Crippen LogP contribution in [0.3, 0.4) is 0 Å². The fraction of sp³-hybridized carbons (Fsp3) is 0.538. The number of rotatable bonds is 5. The molecule has 4 atom stereocenters. The Balaban J connectivity index is 1.95. The van der Waals surface area contributed by atoms with Crippen molar-refractivity contribution < 1.29 is 24.4 Å². The Hall–Kier alpha value is -0.980. The van der Waals surface area contributed by atoms with Gasteiger partial charge in [0, 0.05) is 7.11 Å². The molecule has 0 aliphatic carbocycles. The topological polar surface area (TPSA) is 68.2 Å². The van der Waals surface area contributed by atoms with Crippen molar-refractivity contribution in [1.82, 2.24) is 0 Å². The molecule has 0 spiro atoms. The molecule has 5 nitrogen and oxygen atoms in total. The van der Waals surface area contributed by atoms with Crippen molar-refractivity contribution in [2.45, 2.75) is 31.2 Å². The van der Waals surface area contributed by atoms with E-state index in [1.165, 1.54) is 7.11 Å². The van der Waals surface area contributed by atoms with Crippen LogP contribution in [0.15, 0.2) is 30.3 Å². The molecular formula is C13H18O5. The number of aliphatic hydroxyl groups is 2. The van der Waals surface area contributed by atoms with Crippen molar-refractivity contribution in [2.75, 3.05) is 13.7 Å². The van der Waals surface area contributed by atoms with Crippen LogP contribution in [0.5, 0.6) is 0 Å². The van der Waals surface area contributed by atoms with Crippen LogP contribution in [0.25, 0.3) is 0 Å². The van der Waals surface area contributed by atoms with Crippen molar-refractivity contribution in [3.63, 3.8) is 0 Å². The standard InChI is InChI=1S/C13H18O5/c1-16-13-12(11(15)10(7-14)18-13)17-8-9-5-3-2-4-6-9/h2-6,10-15H,7-8H2,1H3/t10-,11-,12+,13+/m1/s1. The lowest BCUT2D eigenvalue weighted by Gasteiger charge is -2.19. The molecule has 1 fully saturated rings. The zero-order valence-corrected chi connectivity index (χ0v) is 10.2. The first-order chi connectivity index (χ1) is 8.76. The van der Waals surface area contributed by atoms with Gasteiger partial charge in [0.25, 0.3) is 0 Å². The Labute approximate surface area is 106 Å². The van der Waals surface area contributed by atoms with Gasteiger partial charge in [-0.15, -0.1) is 0 Å². The third-order valence-corrected chi connectivity index (χ3v) is 2.99. The first kappa shape index (κ1) is 13.5. The number of ether oxygens (including phenoxy) is 3. The van der Waals surface area contributed by atoms with Gasteiger partial charge in [-0.05, 0) is 5.56 Å². The Bertz CT molecular complexity index is 354. The van der Waals surface area contributed by atoms with E-state index in [1.54, 1.807) is 0 Å². The minimum atomic E-state index is -0.885. The zero-order valence-electron chi connectivity index (χ0n) is 10.2. The van der Waals surface area contributed by atoms with E-state index >= 15 is 0 Å². The van der Waals surface area contributed by atoms with Crippen LogP contribution in [0.1, 0.15) is 5.56 Å². The summed E-state index contributed by atoms with van der Waals surface area (Å²) in [4.78, 5) is 0. The molecule has 0 bridgehead atoms. The van der Waals surface area contributed by atoms with Crippen LogP contribution in [-0.2, 0) is 20.8 Å². The zero-order chi connectivity index (χ0) is 13.0. The van der Waals surface area contributed by atoms with Gasteiger partial charge in [0.15, 0.2) is 6.29 Å². The van der Waals surface area contributed by atoms with Crippen molar-refractivity contribution in [2.24, 2.45) is 0 Å². The van der Waals surface area contributed by atoms with Gasteiger partial charge in [0.05, 0.1) is 13.2 Å². The first-order valence-corrected chi connectivity index (χ1v) is 5.89. The molecule has 5 heteroatoms. The van der Waals surface area contributed by atoms with Gasteiger partial charge in [-0.2, -0.15) is 0 Å². The van der Waals surface area contributed by atoms with Gasteiger partial charge in [-0.25, -0.2) is 0 Å². The van der Waals surface area contributed by atoms with Crippen molar-refractivity contribution in [1.29, 1.82) is 0 Å². The van der Waals surface area contributed by atoms with Crippen molar-refractivity contribution in [3.8, 4) is 0 Å². The molecule has 0 radical (unpaired) electrons. The van der Waals surface area contributed by atoms with Crippen LogP contribution in [0.4, 0.5) is 0 Å². The Morgan fingerprint density at radius 1 is 1.28 bits per heavy atom. The Kier molecular flexibility index (Phi) is 4.68. The maximum Gasteiger partial charge on any atom is 0.186 e. The maximum absolute atomic E-state index is 9.94. The van der Waals surface area contributed by atoms with E-state index < -0.39 is 24.6 Å².